The van der Waals surface area contributed by atoms with Crippen LogP contribution >= 0.6 is 0 Å². The van der Waals surface area contributed by atoms with Gasteiger partial charge in [0.2, 0.25) is 5.78 Å². The van der Waals surface area contributed by atoms with Gasteiger partial charge >= 0.3 is 5.97 Å². The van der Waals surface area contributed by atoms with Crippen molar-refractivity contribution < 1.29 is 19.5 Å². The minimum atomic E-state index is -1.58. The summed E-state index contributed by atoms with van der Waals surface area (Å²) in [5, 5.41) is 8.50. The van der Waals surface area contributed by atoms with E-state index in [-0.39, 0.29) is 0 Å². The molecule has 2 rings (SSSR count). The third-order valence-corrected chi connectivity index (χ3v) is 3.08. The Balaban J connectivity index is 2.06. The molecular weight excluding hydrogens is 270 g/mol. The topological polar surface area (TPSA) is 76.4 Å². The summed E-state index contributed by atoms with van der Waals surface area (Å²) in [4.78, 5) is 33.3. The van der Waals surface area contributed by atoms with Gasteiger partial charge in [0.15, 0.2) is 5.78 Å². The maximum absolute atomic E-state index is 11.8. The monoisotopic (exact) mass is 285 g/mol. The molecule has 0 unspecified atom stereocenters. The van der Waals surface area contributed by atoms with Crippen LogP contribution in [0.1, 0.15) is 27.9 Å². The Bertz CT molecular complexity index is 700. The standard InChI is InChI=1S/C16H15NO4/c1-11-3-2-4-12(7-11)9-17-6-5-13(10-17)14(18)8-15(19)16(20)21/h2-7,10H,8-9H2,1H3,(H,20,21). The molecular formula is C16H15NO4. The molecule has 0 atom stereocenters. The van der Waals surface area contributed by atoms with Crippen LogP contribution in [-0.2, 0) is 16.1 Å². The highest BCUT2D eigenvalue weighted by molar-refractivity contribution is 6.37. The number of aryl methyl sites for hydroxylation is 1. The van der Waals surface area contributed by atoms with Gasteiger partial charge in [-0.1, -0.05) is 29.8 Å². The Morgan fingerprint density at radius 1 is 1.19 bits per heavy atom. The summed E-state index contributed by atoms with van der Waals surface area (Å²) >= 11 is 0. The summed E-state index contributed by atoms with van der Waals surface area (Å²) in [6.07, 6.45) is 2.75. The maximum atomic E-state index is 11.8. The molecule has 0 aliphatic carbocycles. The van der Waals surface area contributed by atoms with Gasteiger partial charge in [-0.3, -0.25) is 9.59 Å². The second kappa shape index (κ2) is 6.17. The van der Waals surface area contributed by atoms with Gasteiger partial charge in [-0.15, -0.1) is 0 Å². The number of Topliss-reactive ketones (excluding diaryl/α,β-unsaturated/α-hetero) is 2. The highest BCUT2D eigenvalue weighted by atomic mass is 16.4. The average Bonchev–Trinajstić information content (AvgIpc) is 2.87. The molecule has 0 spiro atoms. The van der Waals surface area contributed by atoms with E-state index in [4.69, 9.17) is 5.11 Å². The van der Waals surface area contributed by atoms with Crippen LogP contribution in [0.4, 0.5) is 0 Å². The van der Waals surface area contributed by atoms with Crippen LogP contribution in [-0.4, -0.2) is 27.2 Å². The molecule has 108 valence electrons. The predicted molar refractivity (Wildman–Crippen MR) is 76.3 cm³/mol. The van der Waals surface area contributed by atoms with Crippen LogP contribution in [0.25, 0.3) is 0 Å². The van der Waals surface area contributed by atoms with E-state index in [9.17, 15) is 14.4 Å². The van der Waals surface area contributed by atoms with Gasteiger partial charge in [0, 0.05) is 24.5 Å². The largest absolute Gasteiger partial charge is 0.475 e. The van der Waals surface area contributed by atoms with Crippen molar-refractivity contribution in [1.82, 2.24) is 4.57 Å². The summed E-state index contributed by atoms with van der Waals surface area (Å²) in [5.74, 6) is -3.15. The van der Waals surface area contributed by atoms with E-state index in [0.717, 1.165) is 11.1 Å². The fourth-order valence-electron chi connectivity index (χ4n) is 2.05. The molecule has 0 aliphatic rings. The normalized spacial score (nSPS) is 10.3. The first-order valence-corrected chi connectivity index (χ1v) is 6.46. The number of hydrogen-bond acceptors (Lipinski definition) is 3. The van der Waals surface area contributed by atoms with Gasteiger partial charge in [0.25, 0.3) is 0 Å². The minimum absolute atomic E-state index is 0.345. The van der Waals surface area contributed by atoms with Gasteiger partial charge in [-0.2, -0.15) is 0 Å². The van der Waals surface area contributed by atoms with E-state index in [1.807, 2.05) is 29.7 Å². The molecule has 0 saturated heterocycles. The first-order valence-electron chi connectivity index (χ1n) is 6.46. The summed E-state index contributed by atoms with van der Waals surface area (Å²) < 4.78 is 1.83. The van der Waals surface area contributed by atoms with Crippen molar-refractivity contribution in [3.63, 3.8) is 0 Å². The zero-order valence-electron chi connectivity index (χ0n) is 11.6. The zero-order valence-corrected chi connectivity index (χ0v) is 11.6. The van der Waals surface area contributed by atoms with Gasteiger partial charge in [0.05, 0.1) is 6.42 Å². The number of carboxylic acids is 1. The molecule has 21 heavy (non-hydrogen) atoms. The molecule has 5 nitrogen and oxygen atoms in total. The van der Waals surface area contributed by atoms with Crippen LogP contribution in [0, 0.1) is 6.92 Å². The smallest absolute Gasteiger partial charge is 0.372 e. The van der Waals surface area contributed by atoms with Gasteiger partial charge in [0.1, 0.15) is 0 Å². The molecule has 5 heteroatoms. The summed E-state index contributed by atoms with van der Waals surface area (Å²) in [7, 11) is 0. The number of aliphatic carboxylic acids is 1. The molecule has 1 heterocycles. The fourth-order valence-corrected chi connectivity index (χ4v) is 2.05. The molecule has 1 aromatic carbocycles. The van der Waals surface area contributed by atoms with Gasteiger partial charge in [-0.25, -0.2) is 4.79 Å². The molecule has 0 fully saturated rings. The fraction of sp³-hybridized carbons (Fsp3) is 0.188. The SMILES string of the molecule is Cc1cccc(Cn2ccc(C(=O)CC(=O)C(=O)O)c2)c1. The molecule has 0 radical (unpaired) electrons. The summed E-state index contributed by atoms with van der Waals surface area (Å²) in [5.41, 5.74) is 2.60. The van der Waals surface area contributed by atoms with E-state index >= 15 is 0 Å². The molecule has 0 bridgehead atoms. The molecule has 0 aliphatic heterocycles. The minimum Gasteiger partial charge on any atom is -0.475 e. The Kier molecular flexibility index (Phi) is 4.33. The van der Waals surface area contributed by atoms with E-state index in [0.29, 0.717) is 12.1 Å². The highest BCUT2D eigenvalue weighted by Crippen LogP contribution is 2.10. The van der Waals surface area contributed by atoms with Crippen molar-refractivity contribution in [1.29, 1.82) is 0 Å². The lowest BCUT2D eigenvalue weighted by Gasteiger charge is -2.04. The molecule has 1 aromatic heterocycles. The van der Waals surface area contributed by atoms with Gasteiger partial charge < -0.3 is 9.67 Å². The number of carbonyl (C=O) groups excluding carboxylic acids is 2. The summed E-state index contributed by atoms with van der Waals surface area (Å²) in [6, 6.07) is 9.60. The molecule has 0 saturated carbocycles. The maximum Gasteiger partial charge on any atom is 0.372 e. The van der Waals surface area contributed by atoms with E-state index in [1.165, 1.54) is 0 Å². The number of nitrogens with zero attached hydrogens (tertiary/aromatic N) is 1. The van der Waals surface area contributed by atoms with Crippen molar-refractivity contribution >= 4 is 17.5 Å². The lowest BCUT2D eigenvalue weighted by Crippen LogP contribution is -2.16. The molecule has 0 amide bonds. The van der Waals surface area contributed by atoms with Crippen LogP contribution < -0.4 is 0 Å². The van der Waals surface area contributed by atoms with Crippen molar-refractivity contribution in [3.05, 3.63) is 59.4 Å². The quantitative estimate of drug-likeness (QED) is 0.501. The van der Waals surface area contributed by atoms with Crippen LogP contribution in [0.3, 0.4) is 0 Å². The lowest BCUT2D eigenvalue weighted by molar-refractivity contribution is -0.148. The van der Waals surface area contributed by atoms with E-state index in [1.54, 1.807) is 18.5 Å². The number of hydrogen-bond donors (Lipinski definition) is 1. The first-order chi connectivity index (χ1) is 9.95. The predicted octanol–water partition coefficient (Wildman–Crippen LogP) is 2.07. The highest BCUT2D eigenvalue weighted by Gasteiger charge is 2.18. The first kappa shape index (κ1) is 14.7. The number of rotatable bonds is 6. The zero-order chi connectivity index (χ0) is 15.4. The van der Waals surface area contributed by atoms with Crippen molar-refractivity contribution in [2.75, 3.05) is 0 Å². The third-order valence-electron chi connectivity index (χ3n) is 3.08. The molecule has 2 aromatic rings. The lowest BCUT2D eigenvalue weighted by atomic mass is 10.1. The van der Waals surface area contributed by atoms with E-state index < -0.39 is 24.0 Å². The number of ketones is 2. The van der Waals surface area contributed by atoms with Crippen molar-refractivity contribution in [2.45, 2.75) is 19.9 Å². The third kappa shape index (κ3) is 3.89. The number of benzene rings is 1. The van der Waals surface area contributed by atoms with E-state index in [2.05, 4.69) is 6.07 Å². The molecule has 1 N–H and O–H groups in total. The Labute approximate surface area is 121 Å². The van der Waals surface area contributed by atoms with Gasteiger partial charge in [-0.05, 0) is 18.6 Å². The average molecular weight is 285 g/mol. The van der Waals surface area contributed by atoms with Crippen molar-refractivity contribution in [2.24, 2.45) is 0 Å². The number of carboxylic acid groups (broad SMARTS) is 1. The van der Waals surface area contributed by atoms with Crippen molar-refractivity contribution in [3.8, 4) is 0 Å². The summed E-state index contributed by atoms with van der Waals surface area (Å²) in [6.45, 7) is 2.62. The van der Waals surface area contributed by atoms with Crippen LogP contribution in [0.15, 0.2) is 42.7 Å². The Hall–Kier alpha value is -2.69. The second-order valence-corrected chi connectivity index (χ2v) is 4.89. The number of carbonyl (C=O) groups is 3. The number of aromatic nitrogens is 1. The Morgan fingerprint density at radius 2 is 1.95 bits per heavy atom. The Morgan fingerprint density at radius 3 is 2.62 bits per heavy atom. The second-order valence-electron chi connectivity index (χ2n) is 4.89. The van der Waals surface area contributed by atoms with Crippen LogP contribution in [0.5, 0.6) is 0 Å². The van der Waals surface area contributed by atoms with Crippen LogP contribution in [0.2, 0.25) is 0 Å².